The zero-order valence-corrected chi connectivity index (χ0v) is 15.3. The van der Waals surface area contributed by atoms with Gasteiger partial charge in [-0.05, 0) is 63.5 Å². The Morgan fingerprint density at radius 2 is 1.69 bits per heavy atom. The van der Waals surface area contributed by atoms with Crippen molar-refractivity contribution in [3.05, 3.63) is 46.0 Å². The van der Waals surface area contributed by atoms with Crippen LogP contribution in [0.1, 0.15) is 52.1 Å². The maximum Gasteiger partial charge on any atom is 0.416 e. The van der Waals surface area contributed by atoms with Crippen molar-refractivity contribution in [3.63, 3.8) is 0 Å². The third kappa shape index (κ3) is 4.37. The lowest BCUT2D eigenvalue weighted by Gasteiger charge is -2.35. The predicted molar refractivity (Wildman–Crippen MR) is 89.5 cm³/mol. The molecule has 1 N–H and O–H groups in total. The molecule has 1 aromatic heterocycles. The topological polar surface area (TPSA) is 75.2 Å². The molecule has 0 saturated carbocycles. The minimum absolute atomic E-state index is 0.0207. The highest BCUT2D eigenvalue weighted by Gasteiger charge is 2.33. The number of halogens is 3. The highest BCUT2D eigenvalue weighted by atomic mass is 32.1. The molecule has 26 heavy (non-hydrogen) atoms. The Labute approximate surface area is 152 Å². The van der Waals surface area contributed by atoms with Crippen LogP contribution in [0.5, 0.6) is 0 Å². The van der Waals surface area contributed by atoms with Crippen LogP contribution in [-0.4, -0.2) is 31.9 Å². The van der Waals surface area contributed by atoms with Crippen LogP contribution in [-0.2, 0) is 6.18 Å². The van der Waals surface area contributed by atoms with Crippen LogP contribution in [0.25, 0.3) is 0 Å². The first kappa shape index (κ1) is 19.8. The SMILES string of the molecule is Cc1nnsc1C(=O)NN(C(=O)c1ccc(C(F)(F)F)cc1)C(C)(C)C. The average molecular weight is 386 g/mol. The van der Waals surface area contributed by atoms with Crippen LogP contribution >= 0.6 is 11.5 Å². The third-order valence-corrected chi connectivity index (χ3v) is 4.23. The number of hydrogen-bond donors (Lipinski definition) is 1. The molecule has 0 aliphatic rings. The number of benzene rings is 1. The Morgan fingerprint density at radius 3 is 2.12 bits per heavy atom. The number of aromatic nitrogens is 2. The van der Waals surface area contributed by atoms with Crippen LogP contribution in [0.3, 0.4) is 0 Å². The van der Waals surface area contributed by atoms with Crippen molar-refractivity contribution in [1.29, 1.82) is 0 Å². The molecule has 0 fully saturated rings. The predicted octanol–water partition coefficient (Wildman–Crippen LogP) is 3.45. The lowest BCUT2D eigenvalue weighted by atomic mass is 10.1. The molecule has 0 radical (unpaired) electrons. The van der Waals surface area contributed by atoms with Crippen LogP contribution in [0, 0.1) is 6.92 Å². The van der Waals surface area contributed by atoms with Gasteiger partial charge in [-0.2, -0.15) is 13.2 Å². The minimum atomic E-state index is -4.49. The summed E-state index contributed by atoms with van der Waals surface area (Å²) in [5.74, 6) is -1.19. The lowest BCUT2D eigenvalue weighted by Crippen LogP contribution is -2.55. The molecular formula is C16H17F3N4O2S. The van der Waals surface area contributed by atoms with Crippen molar-refractivity contribution in [1.82, 2.24) is 20.0 Å². The number of nitrogens with one attached hydrogen (secondary N) is 1. The fourth-order valence-corrected chi connectivity index (χ4v) is 2.59. The summed E-state index contributed by atoms with van der Waals surface area (Å²) < 4.78 is 41.7. The first-order chi connectivity index (χ1) is 11.9. The van der Waals surface area contributed by atoms with Crippen molar-refractivity contribution in [2.24, 2.45) is 0 Å². The maximum absolute atomic E-state index is 12.7. The Hall–Kier alpha value is -2.49. The van der Waals surface area contributed by atoms with Gasteiger partial charge in [0.1, 0.15) is 4.88 Å². The standard InChI is InChI=1S/C16H17F3N4O2S/c1-9-12(26-22-20-9)13(24)21-23(15(2,3)4)14(25)10-5-7-11(8-6-10)16(17,18)19/h5-8H,1-4H3,(H,21,24). The van der Waals surface area contributed by atoms with E-state index in [2.05, 4.69) is 15.0 Å². The zero-order chi connectivity index (χ0) is 19.7. The summed E-state index contributed by atoms with van der Waals surface area (Å²) in [4.78, 5) is 25.4. The second-order valence-corrected chi connectivity index (χ2v) is 7.27. The lowest BCUT2D eigenvalue weighted by molar-refractivity contribution is -0.137. The number of hydrazine groups is 1. The Kier molecular flexibility index (Phi) is 5.36. The molecule has 0 atom stereocenters. The molecule has 0 aliphatic heterocycles. The molecule has 1 aromatic carbocycles. The van der Waals surface area contributed by atoms with Gasteiger partial charge >= 0.3 is 6.18 Å². The molecule has 0 aliphatic carbocycles. The van der Waals surface area contributed by atoms with E-state index in [1.807, 2.05) is 0 Å². The number of carbonyl (C=O) groups is 2. The van der Waals surface area contributed by atoms with E-state index >= 15 is 0 Å². The molecule has 2 rings (SSSR count). The molecule has 0 unspecified atom stereocenters. The van der Waals surface area contributed by atoms with Crippen molar-refractivity contribution in [2.45, 2.75) is 39.4 Å². The molecule has 0 spiro atoms. The van der Waals surface area contributed by atoms with E-state index in [0.29, 0.717) is 5.69 Å². The molecular weight excluding hydrogens is 369 g/mol. The minimum Gasteiger partial charge on any atom is -0.267 e. The van der Waals surface area contributed by atoms with Gasteiger partial charge in [-0.25, -0.2) is 5.01 Å². The summed E-state index contributed by atoms with van der Waals surface area (Å²) in [5, 5.41) is 4.82. The van der Waals surface area contributed by atoms with Gasteiger partial charge in [-0.1, -0.05) is 4.49 Å². The summed E-state index contributed by atoms with van der Waals surface area (Å²) in [5.41, 5.74) is 1.26. The van der Waals surface area contributed by atoms with Crippen LogP contribution < -0.4 is 5.43 Å². The van der Waals surface area contributed by atoms with E-state index < -0.39 is 29.1 Å². The van der Waals surface area contributed by atoms with Gasteiger partial charge in [0.2, 0.25) is 0 Å². The monoisotopic (exact) mass is 386 g/mol. The highest BCUT2D eigenvalue weighted by molar-refractivity contribution is 7.07. The van der Waals surface area contributed by atoms with Crippen LogP contribution in [0.15, 0.2) is 24.3 Å². The van der Waals surface area contributed by atoms with Gasteiger partial charge < -0.3 is 0 Å². The smallest absolute Gasteiger partial charge is 0.267 e. The van der Waals surface area contributed by atoms with E-state index in [0.717, 1.165) is 40.8 Å². The molecule has 2 aromatic rings. The van der Waals surface area contributed by atoms with Crippen LogP contribution in [0.4, 0.5) is 13.2 Å². The molecule has 10 heteroatoms. The molecule has 140 valence electrons. The fourth-order valence-electron chi connectivity index (χ4n) is 2.05. The summed E-state index contributed by atoms with van der Waals surface area (Å²) in [6.07, 6.45) is -4.49. The number of rotatable bonds is 2. The van der Waals surface area contributed by atoms with Gasteiger partial charge in [0.05, 0.1) is 16.8 Å². The Balaban J connectivity index is 2.28. The van der Waals surface area contributed by atoms with E-state index in [1.54, 1.807) is 27.7 Å². The van der Waals surface area contributed by atoms with E-state index in [4.69, 9.17) is 0 Å². The Bertz CT molecular complexity index is 810. The Morgan fingerprint density at radius 1 is 1.12 bits per heavy atom. The number of hydrogen-bond acceptors (Lipinski definition) is 5. The van der Waals surface area contributed by atoms with Crippen molar-refractivity contribution in [3.8, 4) is 0 Å². The molecule has 0 bridgehead atoms. The number of carbonyl (C=O) groups excluding carboxylic acids is 2. The largest absolute Gasteiger partial charge is 0.416 e. The van der Waals surface area contributed by atoms with Crippen molar-refractivity contribution < 1.29 is 22.8 Å². The quantitative estimate of drug-likeness (QED) is 0.803. The van der Waals surface area contributed by atoms with E-state index in [9.17, 15) is 22.8 Å². The summed E-state index contributed by atoms with van der Waals surface area (Å²) in [6.45, 7) is 6.67. The van der Waals surface area contributed by atoms with Gasteiger partial charge in [-0.15, -0.1) is 5.10 Å². The van der Waals surface area contributed by atoms with Gasteiger partial charge in [0.25, 0.3) is 11.8 Å². The first-order valence-electron chi connectivity index (χ1n) is 7.53. The summed E-state index contributed by atoms with van der Waals surface area (Å²) in [7, 11) is 0. The molecule has 6 nitrogen and oxygen atoms in total. The van der Waals surface area contributed by atoms with Gasteiger partial charge in [-0.3, -0.25) is 15.0 Å². The second kappa shape index (κ2) is 7.02. The van der Waals surface area contributed by atoms with Crippen LogP contribution in [0.2, 0.25) is 0 Å². The molecule has 0 saturated heterocycles. The number of amides is 2. The molecule has 1 heterocycles. The highest BCUT2D eigenvalue weighted by Crippen LogP contribution is 2.29. The van der Waals surface area contributed by atoms with E-state index in [1.165, 1.54) is 0 Å². The number of aryl methyl sites for hydroxylation is 1. The van der Waals surface area contributed by atoms with Crippen molar-refractivity contribution in [2.75, 3.05) is 0 Å². The maximum atomic E-state index is 12.7. The molecule has 2 amide bonds. The number of alkyl halides is 3. The number of nitrogens with zero attached hydrogens (tertiary/aromatic N) is 3. The van der Waals surface area contributed by atoms with Crippen molar-refractivity contribution >= 4 is 23.3 Å². The summed E-state index contributed by atoms with van der Waals surface area (Å²) >= 11 is 0.886. The third-order valence-electron chi connectivity index (χ3n) is 3.40. The average Bonchev–Trinajstić information content (AvgIpc) is 2.96. The van der Waals surface area contributed by atoms with Gasteiger partial charge in [0, 0.05) is 5.56 Å². The second-order valence-electron chi connectivity index (χ2n) is 6.51. The normalized spacial score (nSPS) is 12.0. The fraction of sp³-hybridized carbons (Fsp3) is 0.375. The van der Waals surface area contributed by atoms with E-state index in [-0.39, 0.29) is 10.4 Å². The van der Waals surface area contributed by atoms with Gasteiger partial charge in [0.15, 0.2) is 0 Å². The summed E-state index contributed by atoms with van der Waals surface area (Å²) in [6, 6.07) is 3.81. The zero-order valence-electron chi connectivity index (χ0n) is 14.5. The first-order valence-corrected chi connectivity index (χ1v) is 8.30.